The highest BCUT2D eigenvalue weighted by molar-refractivity contribution is 7.21. The Kier molecular flexibility index (Phi) is 4.37. The number of aromatic nitrogens is 1. The summed E-state index contributed by atoms with van der Waals surface area (Å²) in [4.78, 5) is 18.3. The van der Waals surface area contributed by atoms with E-state index in [1.54, 1.807) is 0 Å². The Morgan fingerprint density at radius 1 is 1.37 bits per heavy atom. The van der Waals surface area contributed by atoms with Crippen LogP contribution >= 0.6 is 11.3 Å². The van der Waals surface area contributed by atoms with Gasteiger partial charge in [-0.1, -0.05) is 6.92 Å². The van der Waals surface area contributed by atoms with E-state index >= 15 is 0 Å². The van der Waals surface area contributed by atoms with E-state index in [1.165, 1.54) is 11.3 Å². The van der Waals surface area contributed by atoms with Gasteiger partial charge in [0.25, 0.3) is 5.91 Å². The zero-order valence-corrected chi connectivity index (χ0v) is 12.4. The van der Waals surface area contributed by atoms with Gasteiger partial charge < -0.3 is 10.6 Å². The summed E-state index contributed by atoms with van der Waals surface area (Å²) in [7, 11) is 0. The number of nitrogens with zero attached hydrogens (tertiary/aromatic N) is 1. The first kappa shape index (κ1) is 13.8. The molecule has 0 bridgehead atoms. The Morgan fingerprint density at radius 2 is 2.16 bits per heavy atom. The molecule has 4 nitrogen and oxygen atoms in total. The van der Waals surface area contributed by atoms with Crippen LogP contribution in [0.5, 0.6) is 0 Å². The lowest BCUT2D eigenvalue weighted by molar-refractivity contribution is 0.0958. The maximum Gasteiger partial charge on any atom is 0.263 e. The van der Waals surface area contributed by atoms with Gasteiger partial charge in [0, 0.05) is 24.2 Å². The van der Waals surface area contributed by atoms with Gasteiger partial charge in [-0.25, -0.2) is 4.98 Å². The molecule has 0 radical (unpaired) electrons. The number of anilines is 1. The fraction of sp³-hybridized carbons (Fsp3) is 0.429. The maximum atomic E-state index is 12.2. The van der Waals surface area contributed by atoms with Crippen molar-refractivity contribution in [2.45, 2.75) is 27.2 Å². The molecule has 0 aliphatic rings. The summed E-state index contributed by atoms with van der Waals surface area (Å²) in [5, 5.41) is 7.24. The number of rotatable bonds is 5. The Balaban J connectivity index is 2.46. The smallest absolute Gasteiger partial charge is 0.263 e. The minimum atomic E-state index is -0.0153. The van der Waals surface area contributed by atoms with Gasteiger partial charge in [-0.3, -0.25) is 4.79 Å². The number of aryl methyl sites for hydroxylation is 1. The Hall–Kier alpha value is -1.62. The van der Waals surface area contributed by atoms with E-state index in [4.69, 9.17) is 0 Å². The Labute approximate surface area is 117 Å². The maximum absolute atomic E-state index is 12.2. The van der Waals surface area contributed by atoms with Crippen LogP contribution in [0.2, 0.25) is 0 Å². The van der Waals surface area contributed by atoms with E-state index in [-0.39, 0.29) is 5.91 Å². The average Bonchev–Trinajstić information content (AvgIpc) is 2.74. The lowest BCUT2D eigenvalue weighted by Crippen LogP contribution is -2.23. The number of hydrogen-bond acceptors (Lipinski definition) is 4. The lowest BCUT2D eigenvalue weighted by atomic mass is 10.2. The molecule has 19 heavy (non-hydrogen) atoms. The summed E-state index contributed by atoms with van der Waals surface area (Å²) in [6.45, 7) is 7.52. The van der Waals surface area contributed by atoms with E-state index in [0.717, 1.165) is 39.4 Å². The predicted octanol–water partition coefficient (Wildman–Crippen LogP) is 3.18. The third-order valence-corrected chi connectivity index (χ3v) is 3.89. The average molecular weight is 277 g/mol. The third-order valence-electron chi connectivity index (χ3n) is 2.79. The molecule has 2 aromatic heterocycles. The predicted molar refractivity (Wildman–Crippen MR) is 81.1 cm³/mol. The Morgan fingerprint density at radius 3 is 2.84 bits per heavy atom. The summed E-state index contributed by atoms with van der Waals surface area (Å²) in [5.74, 6) is -0.0153. The highest BCUT2D eigenvalue weighted by Crippen LogP contribution is 2.34. The van der Waals surface area contributed by atoms with Crippen LogP contribution in [0, 0.1) is 6.92 Å². The largest absolute Gasteiger partial charge is 0.383 e. The van der Waals surface area contributed by atoms with E-state index in [0.29, 0.717) is 6.54 Å². The van der Waals surface area contributed by atoms with Crippen LogP contribution in [0.25, 0.3) is 10.2 Å². The van der Waals surface area contributed by atoms with Crippen molar-refractivity contribution in [2.24, 2.45) is 0 Å². The van der Waals surface area contributed by atoms with Gasteiger partial charge in [0.1, 0.15) is 9.71 Å². The molecule has 2 N–H and O–H groups in total. The van der Waals surface area contributed by atoms with E-state index in [2.05, 4.69) is 15.6 Å². The molecule has 0 aliphatic heterocycles. The monoisotopic (exact) mass is 277 g/mol. The number of hydrogen-bond donors (Lipinski definition) is 2. The molecule has 5 heteroatoms. The van der Waals surface area contributed by atoms with E-state index < -0.39 is 0 Å². The summed E-state index contributed by atoms with van der Waals surface area (Å²) < 4.78 is 0. The molecule has 0 atom stereocenters. The molecule has 0 unspecified atom stereocenters. The second-order valence-electron chi connectivity index (χ2n) is 4.40. The van der Waals surface area contributed by atoms with Crippen molar-refractivity contribution < 1.29 is 4.79 Å². The van der Waals surface area contributed by atoms with Crippen LogP contribution in [0.4, 0.5) is 5.69 Å². The zero-order chi connectivity index (χ0) is 13.8. The molecule has 1 amide bonds. The zero-order valence-electron chi connectivity index (χ0n) is 11.5. The van der Waals surface area contributed by atoms with Gasteiger partial charge in [0.15, 0.2) is 0 Å². The van der Waals surface area contributed by atoms with Gasteiger partial charge in [-0.05, 0) is 32.4 Å². The summed E-state index contributed by atoms with van der Waals surface area (Å²) in [6, 6.07) is 4.01. The lowest BCUT2D eigenvalue weighted by Gasteiger charge is -2.06. The first-order valence-corrected chi connectivity index (χ1v) is 7.41. The number of carbonyl (C=O) groups is 1. The van der Waals surface area contributed by atoms with E-state index in [1.807, 2.05) is 32.9 Å². The molecule has 0 spiro atoms. The fourth-order valence-corrected chi connectivity index (χ4v) is 3.01. The van der Waals surface area contributed by atoms with Gasteiger partial charge in [0.05, 0.1) is 5.69 Å². The summed E-state index contributed by atoms with van der Waals surface area (Å²) in [5.41, 5.74) is 1.88. The van der Waals surface area contributed by atoms with Crippen molar-refractivity contribution >= 4 is 33.1 Å². The van der Waals surface area contributed by atoms with Gasteiger partial charge in [-0.2, -0.15) is 0 Å². The molecule has 0 saturated carbocycles. The number of amides is 1. The Bertz CT molecular complexity index is 592. The first-order valence-electron chi connectivity index (χ1n) is 6.59. The third kappa shape index (κ3) is 2.87. The molecule has 0 aromatic carbocycles. The topological polar surface area (TPSA) is 54.0 Å². The van der Waals surface area contributed by atoms with Crippen LogP contribution in [0.15, 0.2) is 12.1 Å². The highest BCUT2D eigenvalue weighted by atomic mass is 32.1. The molecule has 2 aromatic rings. The number of carbonyl (C=O) groups excluding carboxylic acids is 1. The normalized spacial score (nSPS) is 10.7. The number of fused-ring (bicyclic) bond motifs is 1. The van der Waals surface area contributed by atoms with E-state index in [9.17, 15) is 4.79 Å². The second-order valence-corrected chi connectivity index (χ2v) is 5.40. The number of nitrogens with one attached hydrogen (secondary N) is 2. The second kappa shape index (κ2) is 6.02. The van der Waals surface area contributed by atoms with Crippen molar-refractivity contribution in [1.82, 2.24) is 10.3 Å². The molecule has 102 valence electrons. The van der Waals surface area contributed by atoms with Crippen LogP contribution in [-0.4, -0.2) is 24.0 Å². The molecule has 0 aliphatic carbocycles. The highest BCUT2D eigenvalue weighted by Gasteiger charge is 2.18. The number of thiophene rings is 1. The molecule has 0 fully saturated rings. The van der Waals surface area contributed by atoms with Crippen molar-refractivity contribution in [3.05, 3.63) is 22.7 Å². The minimum Gasteiger partial charge on any atom is -0.383 e. The van der Waals surface area contributed by atoms with Gasteiger partial charge in [-0.15, -0.1) is 11.3 Å². The molecular weight excluding hydrogens is 258 g/mol. The quantitative estimate of drug-likeness (QED) is 0.882. The van der Waals surface area contributed by atoms with Crippen LogP contribution in [0.1, 0.15) is 35.6 Å². The fourth-order valence-electron chi connectivity index (χ4n) is 1.90. The molecular formula is C14H19N3OS. The van der Waals surface area contributed by atoms with Gasteiger partial charge >= 0.3 is 0 Å². The van der Waals surface area contributed by atoms with Crippen LogP contribution in [-0.2, 0) is 0 Å². The van der Waals surface area contributed by atoms with Crippen molar-refractivity contribution in [2.75, 3.05) is 18.4 Å². The molecule has 2 rings (SSSR count). The summed E-state index contributed by atoms with van der Waals surface area (Å²) in [6.07, 6.45) is 0.935. The molecule has 2 heterocycles. The summed E-state index contributed by atoms with van der Waals surface area (Å²) >= 11 is 1.45. The van der Waals surface area contributed by atoms with Crippen LogP contribution < -0.4 is 10.6 Å². The van der Waals surface area contributed by atoms with Gasteiger partial charge in [0.2, 0.25) is 0 Å². The van der Waals surface area contributed by atoms with Crippen LogP contribution in [0.3, 0.4) is 0 Å². The number of pyridine rings is 1. The molecule has 0 saturated heterocycles. The van der Waals surface area contributed by atoms with Crippen molar-refractivity contribution in [3.63, 3.8) is 0 Å². The minimum absolute atomic E-state index is 0.0153. The first-order chi connectivity index (χ1) is 9.17. The SMILES string of the molecule is CCCNC(=O)c1sc2nc(C)ccc2c1NCC. The standard InChI is InChI=1S/C14H19N3OS/c1-4-8-16-13(18)12-11(15-5-2)10-7-6-9(3)17-14(10)19-12/h6-7,15H,4-5,8H2,1-3H3,(H,16,18). The van der Waals surface area contributed by atoms with Crippen molar-refractivity contribution in [1.29, 1.82) is 0 Å². The van der Waals surface area contributed by atoms with Crippen molar-refractivity contribution in [3.8, 4) is 0 Å².